The van der Waals surface area contributed by atoms with Crippen LogP contribution in [0.3, 0.4) is 0 Å². The molecule has 4 aromatic rings. The predicted molar refractivity (Wildman–Crippen MR) is 156 cm³/mol. The number of hydrogen-bond acceptors (Lipinski definition) is 10. The van der Waals surface area contributed by atoms with E-state index in [4.69, 9.17) is 14.7 Å². The molecule has 41 heavy (non-hydrogen) atoms. The zero-order valence-corrected chi connectivity index (χ0v) is 24.5. The van der Waals surface area contributed by atoms with E-state index >= 15 is 0 Å². The zero-order chi connectivity index (χ0) is 28.8. The van der Waals surface area contributed by atoms with E-state index in [0.717, 1.165) is 11.3 Å². The molecule has 12 nitrogen and oxygen atoms in total. The summed E-state index contributed by atoms with van der Waals surface area (Å²) in [5, 5.41) is 11.3. The number of rotatable bonds is 7. The van der Waals surface area contributed by atoms with Crippen molar-refractivity contribution in [1.82, 2.24) is 24.7 Å². The number of aryl methyl sites for hydroxylation is 2. The molecule has 1 saturated heterocycles. The zero-order valence-electron chi connectivity index (χ0n) is 22.9. The van der Waals surface area contributed by atoms with Gasteiger partial charge < -0.3 is 20.3 Å². The second-order valence-corrected chi connectivity index (χ2v) is 13.7. The Morgan fingerprint density at radius 1 is 1.12 bits per heavy atom. The third-order valence-corrected chi connectivity index (χ3v) is 11.1. The predicted octanol–water partition coefficient (Wildman–Crippen LogP) is 3.97. The quantitative estimate of drug-likeness (QED) is 0.325. The summed E-state index contributed by atoms with van der Waals surface area (Å²) in [7, 11) is -1.98. The number of thiazole rings is 1. The molecule has 0 unspecified atom stereocenters. The lowest BCUT2D eigenvalue weighted by molar-refractivity contribution is 0.0985. The topological polar surface area (TPSA) is 144 Å². The molecule has 1 saturated carbocycles. The maximum Gasteiger partial charge on any atom is 0.323 e. The van der Waals surface area contributed by atoms with E-state index in [1.54, 1.807) is 48.6 Å². The third kappa shape index (κ3) is 5.29. The van der Waals surface area contributed by atoms with Gasteiger partial charge in [-0.3, -0.25) is 4.68 Å². The van der Waals surface area contributed by atoms with Crippen LogP contribution in [0.5, 0.6) is 0 Å². The van der Waals surface area contributed by atoms with Gasteiger partial charge in [0.25, 0.3) is 0 Å². The van der Waals surface area contributed by atoms with Crippen LogP contribution in [0.4, 0.5) is 22.0 Å². The molecule has 0 spiro atoms. The summed E-state index contributed by atoms with van der Waals surface area (Å²) in [4.78, 5) is 28.5. The molecule has 3 aromatic heterocycles. The normalized spacial score (nSPS) is 18.2. The summed E-state index contributed by atoms with van der Waals surface area (Å²) in [5.41, 5.74) is 3.01. The molecule has 0 bridgehead atoms. The molecule has 2 N–H and O–H groups in total. The summed E-state index contributed by atoms with van der Waals surface area (Å²) in [6.07, 6.45) is 4.19. The van der Waals surface area contributed by atoms with Crippen molar-refractivity contribution in [2.75, 3.05) is 35.3 Å². The Kier molecular flexibility index (Phi) is 6.99. The van der Waals surface area contributed by atoms with Gasteiger partial charge in [-0.1, -0.05) is 0 Å². The van der Waals surface area contributed by atoms with Gasteiger partial charge in [-0.2, -0.15) is 5.10 Å². The summed E-state index contributed by atoms with van der Waals surface area (Å²) < 4.78 is 33.8. The Morgan fingerprint density at radius 2 is 1.88 bits per heavy atom. The van der Waals surface area contributed by atoms with Gasteiger partial charge in [-0.05, 0) is 51.0 Å². The van der Waals surface area contributed by atoms with Crippen molar-refractivity contribution < 1.29 is 17.9 Å². The number of carbonyl (C=O) groups excluding carboxylic acids is 1. The summed E-state index contributed by atoms with van der Waals surface area (Å²) in [5.74, 6) is 1.08. The average molecular weight is 595 g/mol. The number of aromatic nitrogens is 5. The first-order valence-corrected chi connectivity index (χ1v) is 15.6. The molecule has 0 radical (unpaired) electrons. The Bertz CT molecular complexity index is 1700. The number of benzene rings is 1. The number of hydrogen-bond donors (Lipinski definition) is 2. The highest BCUT2D eigenvalue weighted by Gasteiger charge is 2.59. The van der Waals surface area contributed by atoms with E-state index in [-0.39, 0.29) is 10.4 Å². The van der Waals surface area contributed by atoms with Gasteiger partial charge in [0.2, 0.25) is 14.2 Å². The lowest BCUT2D eigenvalue weighted by Gasteiger charge is -2.34. The molecule has 1 atom stereocenters. The molecule has 2 aliphatic rings. The first-order chi connectivity index (χ1) is 19.6. The van der Waals surface area contributed by atoms with E-state index in [9.17, 15) is 13.2 Å². The van der Waals surface area contributed by atoms with Gasteiger partial charge in [0.1, 0.15) is 10.6 Å². The fraction of sp³-hybridized carbons (Fsp3) is 0.370. The fourth-order valence-corrected chi connectivity index (χ4v) is 8.16. The Balaban J connectivity index is 1.33. The van der Waals surface area contributed by atoms with Crippen molar-refractivity contribution in [3.05, 3.63) is 59.5 Å². The van der Waals surface area contributed by atoms with Crippen LogP contribution in [0.1, 0.15) is 31.2 Å². The van der Waals surface area contributed by atoms with Crippen LogP contribution < -0.4 is 15.5 Å². The standard InChI is InChI=1S/C27H30N8O4S2/c1-17-16-40-26(29-17)41(37,38)27(8-9-27)22-12-23(35-10-11-39-15-18(35)2)33-24(32-22)19-4-6-20(7-5-19)30-25(36)31-21-13-28-34(3)14-21/h4-7,12-14,16,18H,8-11,15H2,1-3H3,(H2,30,31,36)/t18-/m0/s1. The summed E-state index contributed by atoms with van der Waals surface area (Å²) >= 11 is 1.15. The third-order valence-electron chi connectivity index (χ3n) is 7.25. The van der Waals surface area contributed by atoms with Gasteiger partial charge in [-0.15, -0.1) is 11.3 Å². The van der Waals surface area contributed by atoms with Crippen LogP contribution >= 0.6 is 11.3 Å². The van der Waals surface area contributed by atoms with Crippen LogP contribution in [-0.4, -0.2) is 65.0 Å². The molecular formula is C27H30N8O4S2. The van der Waals surface area contributed by atoms with E-state index in [2.05, 4.69) is 32.5 Å². The average Bonchev–Trinajstić information content (AvgIpc) is 3.51. The van der Waals surface area contributed by atoms with Crippen LogP contribution in [0.25, 0.3) is 11.4 Å². The lowest BCUT2D eigenvalue weighted by Crippen LogP contribution is -2.44. The van der Waals surface area contributed by atoms with Crippen molar-refractivity contribution in [2.45, 2.75) is 41.8 Å². The minimum Gasteiger partial charge on any atom is -0.377 e. The molecular weight excluding hydrogens is 564 g/mol. The van der Waals surface area contributed by atoms with E-state index in [1.807, 2.05) is 18.2 Å². The number of ether oxygens (including phenoxy) is 1. The van der Waals surface area contributed by atoms with Gasteiger partial charge in [-0.25, -0.2) is 28.2 Å². The number of nitrogens with zero attached hydrogens (tertiary/aromatic N) is 6. The molecule has 1 aromatic carbocycles. The van der Waals surface area contributed by atoms with Crippen molar-refractivity contribution in [2.24, 2.45) is 7.05 Å². The fourth-order valence-electron chi connectivity index (χ4n) is 4.89. The van der Waals surface area contributed by atoms with Crippen molar-refractivity contribution >= 4 is 44.4 Å². The number of urea groups is 1. The Hall–Kier alpha value is -3.88. The largest absolute Gasteiger partial charge is 0.377 e. The first kappa shape index (κ1) is 27.3. The number of carbonyl (C=O) groups is 1. The first-order valence-electron chi connectivity index (χ1n) is 13.2. The van der Waals surface area contributed by atoms with Gasteiger partial charge >= 0.3 is 6.03 Å². The molecule has 1 aliphatic heterocycles. The Labute approximate surface area is 241 Å². The van der Waals surface area contributed by atoms with Crippen molar-refractivity contribution in [3.8, 4) is 11.4 Å². The summed E-state index contributed by atoms with van der Waals surface area (Å²) in [6.45, 7) is 5.59. The highest BCUT2D eigenvalue weighted by atomic mass is 32.2. The highest BCUT2D eigenvalue weighted by Crippen LogP contribution is 2.55. The van der Waals surface area contributed by atoms with Gasteiger partial charge in [0, 0.05) is 48.2 Å². The van der Waals surface area contributed by atoms with Crippen molar-refractivity contribution in [1.29, 1.82) is 0 Å². The monoisotopic (exact) mass is 594 g/mol. The van der Waals surface area contributed by atoms with Crippen LogP contribution in [-0.2, 0) is 26.4 Å². The molecule has 14 heteroatoms. The molecule has 6 rings (SSSR count). The van der Waals surface area contributed by atoms with E-state index in [1.165, 1.54) is 0 Å². The maximum absolute atomic E-state index is 13.8. The SMILES string of the molecule is Cc1csc(S(=O)(=O)C2(c3cc(N4CCOC[C@@H]4C)nc(-c4ccc(NC(=O)Nc5cnn(C)c5)cc4)n3)CC2)n1. The second kappa shape index (κ2) is 10.5. The van der Waals surface area contributed by atoms with Gasteiger partial charge in [0.05, 0.1) is 36.8 Å². The van der Waals surface area contributed by atoms with Gasteiger partial charge in [0.15, 0.2) is 5.82 Å². The molecule has 2 fully saturated rings. The highest BCUT2D eigenvalue weighted by molar-refractivity contribution is 7.94. The lowest BCUT2D eigenvalue weighted by atomic mass is 10.1. The minimum atomic E-state index is -3.75. The molecule has 1 aliphatic carbocycles. The van der Waals surface area contributed by atoms with E-state index < -0.39 is 20.6 Å². The second-order valence-electron chi connectivity index (χ2n) is 10.4. The van der Waals surface area contributed by atoms with Crippen LogP contribution in [0, 0.1) is 6.92 Å². The van der Waals surface area contributed by atoms with E-state index in [0.29, 0.717) is 72.6 Å². The smallest absolute Gasteiger partial charge is 0.323 e. The number of nitrogens with one attached hydrogen (secondary N) is 2. The van der Waals surface area contributed by atoms with Crippen LogP contribution in [0.2, 0.25) is 0 Å². The Morgan fingerprint density at radius 3 is 2.51 bits per heavy atom. The number of morpholine rings is 1. The molecule has 4 heterocycles. The van der Waals surface area contributed by atoms with Crippen molar-refractivity contribution in [3.63, 3.8) is 0 Å². The number of anilines is 3. The molecule has 214 valence electrons. The summed E-state index contributed by atoms with van der Waals surface area (Å²) in [6, 6.07) is 8.62. The molecule has 2 amide bonds. The number of amides is 2. The van der Waals surface area contributed by atoms with Crippen LogP contribution in [0.15, 0.2) is 52.4 Å². The number of sulfone groups is 1. The maximum atomic E-state index is 13.8. The minimum absolute atomic E-state index is 0.0672.